The molecule has 3 rings (SSSR count). The number of rotatable bonds is 5. The number of nitro groups is 1. The number of nitrogens with one attached hydrogen (secondary N) is 1. The molecule has 1 fully saturated rings. The lowest BCUT2D eigenvalue weighted by Crippen LogP contribution is -2.23. The minimum absolute atomic E-state index is 0.163. The van der Waals surface area contributed by atoms with Crippen molar-refractivity contribution < 1.29 is 13.3 Å². The van der Waals surface area contributed by atoms with Crippen molar-refractivity contribution in [1.82, 2.24) is 0 Å². The maximum atomic E-state index is 11.9. The van der Waals surface area contributed by atoms with Crippen molar-refractivity contribution in [2.45, 2.75) is 30.6 Å². The topological polar surface area (TPSA) is 92.6 Å². The summed E-state index contributed by atoms with van der Waals surface area (Å²) in [6.07, 6.45) is 5.75. The monoisotopic (exact) mass is 389 g/mol. The molecule has 0 unspecified atom stereocenters. The second kappa shape index (κ2) is 7.96. The predicted molar refractivity (Wildman–Crippen MR) is 107 cm³/mol. The van der Waals surface area contributed by atoms with Crippen LogP contribution in [0.5, 0.6) is 0 Å². The first kappa shape index (κ1) is 19.2. The van der Waals surface area contributed by atoms with Crippen molar-refractivity contribution in [3.8, 4) is 0 Å². The van der Waals surface area contributed by atoms with Gasteiger partial charge in [0.25, 0.3) is 0 Å². The summed E-state index contributed by atoms with van der Waals surface area (Å²) < 4.78 is 23.8. The molecule has 2 aromatic carbocycles. The molecule has 0 spiro atoms. The Hall–Kier alpha value is -2.61. The van der Waals surface area contributed by atoms with E-state index in [2.05, 4.69) is 10.2 Å². The molecule has 8 heteroatoms. The molecular weight excluding hydrogens is 366 g/mol. The van der Waals surface area contributed by atoms with E-state index in [1.54, 1.807) is 0 Å². The first-order chi connectivity index (χ1) is 12.9. The molecule has 0 bridgehead atoms. The van der Waals surface area contributed by atoms with Gasteiger partial charge in [-0.25, -0.2) is 8.42 Å². The lowest BCUT2D eigenvalue weighted by Gasteiger charge is -2.23. The fraction of sp³-hybridized carbons (Fsp3) is 0.368. The molecule has 0 atom stereocenters. The van der Waals surface area contributed by atoms with Crippen molar-refractivity contribution in [3.05, 3.63) is 52.6 Å². The molecule has 0 amide bonds. The number of sulfone groups is 1. The molecule has 144 valence electrons. The van der Waals surface area contributed by atoms with Gasteiger partial charge >= 0.3 is 5.69 Å². The van der Waals surface area contributed by atoms with Gasteiger partial charge in [0.15, 0.2) is 9.84 Å². The average Bonchev–Trinajstić information content (AvgIpc) is 2.90. The van der Waals surface area contributed by atoms with Crippen molar-refractivity contribution in [2.24, 2.45) is 0 Å². The van der Waals surface area contributed by atoms with Gasteiger partial charge in [-0.3, -0.25) is 10.1 Å². The Morgan fingerprint density at radius 2 is 1.70 bits per heavy atom. The summed E-state index contributed by atoms with van der Waals surface area (Å²) in [6, 6.07) is 12.0. The van der Waals surface area contributed by atoms with Crippen LogP contribution in [0.25, 0.3) is 0 Å². The highest BCUT2D eigenvalue weighted by Crippen LogP contribution is 2.34. The van der Waals surface area contributed by atoms with Crippen LogP contribution in [-0.2, 0) is 9.84 Å². The van der Waals surface area contributed by atoms with Crippen molar-refractivity contribution in [3.63, 3.8) is 0 Å². The van der Waals surface area contributed by atoms with Gasteiger partial charge in [-0.05, 0) is 43.2 Å². The first-order valence-corrected chi connectivity index (χ1v) is 10.8. The second-order valence-electron chi connectivity index (χ2n) is 6.76. The quantitative estimate of drug-likeness (QED) is 0.611. The molecule has 1 aliphatic rings. The maximum Gasteiger partial charge on any atom is 0.311 e. The van der Waals surface area contributed by atoms with Crippen LogP contribution >= 0.6 is 0 Å². The van der Waals surface area contributed by atoms with Gasteiger partial charge in [0, 0.05) is 30.7 Å². The van der Waals surface area contributed by atoms with Crippen LogP contribution in [0.15, 0.2) is 47.4 Å². The van der Waals surface area contributed by atoms with Crippen LogP contribution in [-0.4, -0.2) is 32.7 Å². The molecule has 2 aromatic rings. The Morgan fingerprint density at radius 3 is 2.33 bits per heavy atom. The number of benzene rings is 2. The maximum absolute atomic E-state index is 11.9. The van der Waals surface area contributed by atoms with Crippen LogP contribution in [0.2, 0.25) is 0 Å². The summed E-state index contributed by atoms with van der Waals surface area (Å²) >= 11 is 0. The normalized spacial score (nSPS) is 15.2. The number of para-hydroxylation sites is 1. The molecule has 1 saturated heterocycles. The highest BCUT2D eigenvalue weighted by molar-refractivity contribution is 7.90. The third-order valence-corrected chi connectivity index (χ3v) is 5.81. The van der Waals surface area contributed by atoms with E-state index < -0.39 is 20.4 Å². The molecule has 7 nitrogen and oxygen atoms in total. The van der Waals surface area contributed by atoms with Gasteiger partial charge in [0.05, 0.1) is 4.92 Å². The van der Waals surface area contributed by atoms with Crippen LogP contribution in [0, 0.1) is 10.1 Å². The number of nitro benzene ring substituents is 1. The lowest BCUT2D eigenvalue weighted by atomic mass is 10.2. The Labute approximate surface area is 159 Å². The molecular formula is C19H23N3O4S. The fourth-order valence-electron chi connectivity index (χ4n) is 3.38. The van der Waals surface area contributed by atoms with Gasteiger partial charge in [-0.1, -0.05) is 25.0 Å². The van der Waals surface area contributed by atoms with Crippen molar-refractivity contribution in [2.75, 3.05) is 29.6 Å². The number of hydrogen-bond acceptors (Lipinski definition) is 6. The number of anilines is 3. The summed E-state index contributed by atoms with van der Waals surface area (Å²) in [5, 5.41) is 14.6. The van der Waals surface area contributed by atoms with E-state index >= 15 is 0 Å². The van der Waals surface area contributed by atoms with Gasteiger partial charge in [-0.2, -0.15) is 0 Å². The zero-order valence-electron chi connectivity index (χ0n) is 15.2. The SMILES string of the molecule is CS(=O)(=O)c1cccc(Nc2cccc(N3CCCCCC3)c2)c1[N+](=O)[O-]. The van der Waals surface area contributed by atoms with Crippen LogP contribution in [0.1, 0.15) is 25.7 Å². The minimum atomic E-state index is -3.71. The Bertz CT molecular complexity index is 936. The van der Waals surface area contributed by atoms with E-state index in [1.807, 2.05) is 24.3 Å². The second-order valence-corrected chi connectivity index (χ2v) is 8.74. The zero-order chi connectivity index (χ0) is 19.4. The molecule has 0 aliphatic carbocycles. The molecule has 1 N–H and O–H groups in total. The Morgan fingerprint density at radius 1 is 1.04 bits per heavy atom. The summed E-state index contributed by atoms with van der Waals surface area (Å²) in [5.41, 5.74) is 1.48. The average molecular weight is 389 g/mol. The van der Waals surface area contributed by atoms with E-state index in [-0.39, 0.29) is 10.6 Å². The molecule has 1 heterocycles. The third-order valence-electron chi connectivity index (χ3n) is 4.68. The van der Waals surface area contributed by atoms with Crippen molar-refractivity contribution in [1.29, 1.82) is 0 Å². The van der Waals surface area contributed by atoms with Gasteiger partial charge in [0.2, 0.25) is 0 Å². The lowest BCUT2D eigenvalue weighted by molar-refractivity contribution is -0.386. The van der Waals surface area contributed by atoms with Crippen molar-refractivity contribution >= 4 is 32.6 Å². The third kappa shape index (κ3) is 4.57. The Balaban J connectivity index is 1.94. The predicted octanol–water partition coefficient (Wildman–Crippen LogP) is 4.12. The van der Waals surface area contributed by atoms with E-state index in [1.165, 1.54) is 31.0 Å². The minimum Gasteiger partial charge on any atom is -0.371 e. The van der Waals surface area contributed by atoms with E-state index in [0.717, 1.165) is 37.9 Å². The first-order valence-electron chi connectivity index (χ1n) is 8.96. The van der Waals surface area contributed by atoms with Crippen LogP contribution < -0.4 is 10.2 Å². The van der Waals surface area contributed by atoms with Gasteiger partial charge in [0.1, 0.15) is 10.6 Å². The number of hydrogen-bond donors (Lipinski definition) is 1. The zero-order valence-corrected chi connectivity index (χ0v) is 16.0. The molecule has 1 aliphatic heterocycles. The molecule has 27 heavy (non-hydrogen) atoms. The summed E-state index contributed by atoms with van der Waals surface area (Å²) in [6.45, 7) is 1.99. The highest BCUT2D eigenvalue weighted by atomic mass is 32.2. The fourth-order valence-corrected chi connectivity index (χ4v) is 4.24. The summed E-state index contributed by atoms with van der Waals surface area (Å²) in [5.74, 6) is 0. The van der Waals surface area contributed by atoms with E-state index in [4.69, 9.17) is 0 Å². The van der Waals surface area contributed by atoms with Crippen LogP contribution in [0.3, 0.4) is 0 Å². The van der Waals surface area contributed by atoms with E-state index in [9.17, 15) is 18.5 Å². The standard InChI is InChI=1S/C19H23N3O4S/c1-27(25,26)18-11-7-10-17(19(18)22(23)24)20-15-8-6-9-16(14-15)21-12-4-2-3-5-13-21/h6-11,14,20H,2-5,12-13H2,1H3. The number of nitrogens with zero attached hydrogens (tertiary/aromatic N) is 2. The highest BCUT2D eigenvalue weighted by Gasteiger charge is 2.26. The van der Waals surface area contributed by atoms with Crippen LogP contribution in [0.4, 0.5) is 22.7 Å². The Kier molecular flexibility index (Phi) is 5.65. The molecule has 0 aromatic heterocycles. The summed E-state index contributed by atoms with van der Waals surface area (Å²) in [4.78, 5) is 12.9. The molecule has 0 saturated carbocycles. The largest absolute Gasteiger partial charge is 0.371 e. The molecule has 0 radical (unpaired) electrons. The van der Waals surface area contributed by atoms with E-state index in [0.29, 0.717) is 5.69 Å². The van der Waals surface area contributed by atoms with Gasteiger partial charge in [-0.15, -0.1) is 0 Å². The summed E-state index contributed by atoms with van der Waals surface area (Å²) in [7, 11) is -3.71. The smallest absolute Gasteiger partial charge is 0.311 e. The van der Waals surface area contributed by atoms with Gasteiger partial charge < -0.3 is 10.2 Å².